The van der Waals surface area contributed by atoms with Crippen molar-refractivity contribution in [1.29, 1.82) is 0 Å². The number of anilines is 1. The van der Waals surface area contributed by atoms with E-state index < -0.39 is 5.91 Å². The maximum atomic E-state index is 12.8. The lowest BCUT2D eigenvalue weighted by Crippen LogP contribution is -2.28. The minimum absolute atomic E-state index is 0.0691. The van der Waals surface area contributed by atoms with E-state index in [4.69, 9.17) is 10.4 Å². The van der Waals surface area contributed by atoms with Crippen LogP contribution in [0.25, 0.3) is 5.82 Å². The van der Waals surface area contributed by atoms with Crippen molar-refractivity contribution < 1.29 is 9.42 Å². The normalized spacial score (nSPS) is 11.5. The number of hydrogen-bond donors (Lipinski definition) is 2. The highest BCUT2D eigenvalue weighted by Crippen LogP contribution is 2.18. The summed E-state index contributed by atoms with van der Waals surface area (Å²) < 4.78 is 6.10. The Balaban J connectivity index is 1.74. The van der Waals surface area contributed by atoms with Crippen LogP contribution in [-0.4, -0.2) is 55.4 Å². The van der Waals surface area contributed by atoms with Gasteiger partial charge in [0, 0.05) is 12.8 Å². The summed E-state index contributed by atoms with van der Waals surface area (Å²) >= 11 is 0. The molecule has 11 heteroatoms. The minimum Gasteiger partial charge on any atom is -0.378 e. The molecule has 170 valence electrons. The standard InChI is InChI=1S/C21H29N9O2/c1-3-13-29(14-4-2)15-17-18(24-28-30(17)20-19(22)26-32-27-20)21(31)25-23-12-8-11-16-9-6-5-7-10-16/h5-7,9-10,12H,3-4,8,11,13-15H2,1-2H3,(H2,22,26)(H,25,31). The first-order valence-electron chi connectivity index (χ1n) is 10.7. The first-order valence-corrected chi connectivity index (χ1v) is 10.7. The summed E-state index contributed by atoms with van der Waals surface area (Å²) in [7, 11) is 0. The first kappa shape index (κ1) is 23.1. The van der Waals surface area contributed by atoms with E-state index >= 15 is 0 Å². The molecule has 0 atom stereocenters. The number of rotatable bonds is 12. The number of hydrogen-bond acceptors (Lipinski definition) is 9. The van der Waals surface area contributed by atoms with Crippen LogP contribution in [0.2, 0.25) is 0 Å². The molecule has 0 spiro atoms. The molecular formula is C21H29N9O2. The molecule has 1 aromatic carbocycles. The van der Waals surface area contributed by atoms with Gasteiger partial charge in [-0.1, -0.05) is 49.4 Å². The number of nitrogens with zero attached hydrogens (tertiary/aromatic N) is 7. The Bertz CT molecular complexity index is 1010. The van der Waals surface area contributed by atoms with Crippen molar-refractivity contribution in [2.75, 3.05) is 18.8 Å². The van der Waals surface area contributed by atoms with E-state index in [1.54, 1.807) is 6.21 Å². The predicted octanol–water partition coefficient (Wildman–Crippen LogP) is 2.20. The molecule has 11 nitrogen and oxygen atoms in total. The summed E-state index contributed by atoms with van der Waals surface area (Å²) in [6, 6.07) is 10.1. The maximum absolute atomic E-state index is 12.8. The lowest BCUT2D eigenvalue weighted by atomic mass is 10.1. The fourth-order valence-corrected chi connectivity index (χ4v) is 3.34. The zero-order valence-electron chi connectivity index (χ0n) is 18.4. The Morgan fingerprint density at radius 1 is 1.22 bits per heavy atom. The van der Waals surface area contributed by atoms with E-state index in [-0.39, 0.29) is 17.3 Å². The van der Waals surface area contributed by atoms with Gasteiger partial charge in [0.2, 0.25) is 11.6 Å². The molecule has 0 unspecified atom stereocenters. The monoisotopic (exact) mass is 439 g/mol. The molecule has 0 radical (unpaired) electrons. The Labute approximate surface area is 186 Å². The fourth-order valence-electron chi connectivity index (χ4n) is 3.34. The van der Waals surface area contributed by atoms with Gasteiger partial charge >= 0.3 is 0 Å². The van der Waals surface area contributed by atoms with Crippen molar-refractivity contribution in [3.8, 4) is 5.82 Å². The van der Waals surface area contributed by atoms with Gasteiger partial charge in [0.1, 0.15) is 0 Å². The number of carbonyl (C=O) groups excluding carboxylic acids is 1. The Hall–Kier alpha value is -3.60. The van der Waals surface area contributed by atoms with Gasteiger partial charge < -0.3 is 5.73 Å². The number of hydrazone groups is 1. The van der Waals surface area contributed by atoms with Crippen LogP contribution in [0.5, 0.6) is 0 Å². The third kappa shape index (κ3) is 5.97. The summed E-state index contributed by atoms with van der Waals surface area (Å²) in [5, 5.41) is 19.6. The van der Waals surface area contributed by atoms with Crippen LogP contribution in [0.15, 0.2) is 40.1 Å². The van der Waals surface area contributed by atoms with Crippen LogP contribution in [0, 0.1) is 0 Å². The van der Waals surface area contributed by atoms with Crippen molar-refractivity contribution in [1.82, 2.24) is 35.6 Å². The highest BCUT2D eigenvalue weighted by atomic mass is 16.6. The zero-order chi connectivity index (χ0) is 22.8. The number of carbonyl (C=O) groups is 1. The van der Waals surface area contributed by atoms with E-state index in [9.17, 15) is 4.79 Å². The molecule has 0 fully saturated rings. The van der Waals surface area contributed by atoms with E-state index in [0.717, 1.165) is 32.4 Å². The third-order valence-electron chi connectivity index (χ3n) is 4.79. The number of nitrogens with one attached hydrogen (secondary N) is 1. The second kappa shape index (κ2) is 11.7. The topological polar surface area (TPSA) is 140 Å². The average Bonchev–Trinajstić information content (AvgIpc) is 3.40. The molecule has 0 bridgehead atoms. The van der Waals surface area contributed by atoms with Gasteiger partial charge in [0.15, 0.2) is 5.69 Å². The van der Waals surface area contributed by atoms with Crippen LogP contribution in [0.3, 0.4) is 0 Å². The highest BCUT2D eigenvalue weighted by Gasteiger charge is 2.25. The molecule has 0 aliphatic carbocycles. The molecule has 0 aliphatic rings. The van der Waals surface area contributed by atoms with Gasteiger partial charge in [-0.25, -0.2) is 10.1 Å². The van der Waals surface area contributed by atoms with E-state index in [2.05, 4.69) is 62.0 Å². The summed E-state index contributed by atoms with van der Waals surface area (Å²) in [5.74, 6) is -0.185. The molecular weight excluding hydrogens is 410 g/mol. The lowest BCUT2D eigenvalue weighted by Gasteiger charge is -2.21. The fraction of sp³-hybridized carbons (Fsp3) is 0.429. The van der Waals surface area contributed by atoms with Crippen molar-refractivity contribution in [2.45, 2.75) is 46.1 Å². The second-order valence-electron chi connectivity index (χ2n) is 7.32. The van der Waals surface area contributed by atoms with Gasteiger partial charge in [-0.05, 0) is 54.6 Å². The van der Waals surface area contributed by atoms with Crippen molar-refractivity contribution in [3.05, 3.63) is 47.3 Å². The summed E-state index contributed by atoms with van der Waals surface area (Å²) in [4.78, 5) is 15.0. The maximum Gasteiger partial charge on any atom is 0.293 e. The Kier molecular flexibility index (Phi) is 8.44. The molecule has 2 heterocycles. The first-order chi connectivity index (χ1) is 15.6. The van der Waals surface area contributed by atoms with Crippen LogP contribution < -0.4 is 11.2 Å². The van der Waals surface area contributed by atoms with Crippen LogP contribution in [0.1, 0.15) is 54.9 Å². The number of nitrogen functional groups attached to an aromatic ring is 1. The van der Waals surface area contributed by atoms with Gasteiger partial charge in [-0.3, -0.25) is 9.69 Å². The smallest absolute Gasteiger partial charge is 0.293 e. The number of nitrogens with two attached hydrogens (primary N) is 1. The third-order valence-corrected chi connectivity index (χ3v) is 4.79. The predicted molar refractivity (Wildman–Crippen MR) is 120 cm³/mol. The van der Waals surface area contributed by atoms with Gasteiger partial charge in [-0.15, -0.1) is 5.10 Å². The molecule has 3 aromatic rings. The van der Waals surface area contributed by atoms with E-state index in [1.807, 2.05) is 18.2 Å². The number of aromatic nitrogens is 5. The van der Waals surface area contributed by atoms with Gasteiger partial charge in [-0.2, -0.15) is 9.78 Å². The molecule has 3 N–H and O–H groups in total. The summed E-state index contributed by atoms with van der Waals surface area (Å²) in [6.07, 6.45) is 5.16. The molecule has 3 rings (SSSR count). The van der Waals surface area contributed by atoms with Gasteiger partial charge in [0.05, 0.1) is 5.69 Å². The Morgan fingerprint density at radius 2 is 1.97 bits per heavy atom. The van der Waals surface area contributed by atoms with E-state index in [1.165, 1.54) is 10.2 Å². The van der Waals surface area contributed by atoms with Crippen molar-refractivity contribution in [2.24, 2.45) is 5.10 Å². The summed E-state index contributed by atoms with van der Waals surface area (Å²) in [5.41, 5.74) is 10.3. The number of benzene rings is 1. The second-order valence-corrected chi connectivity index (χ2v) is 7.32. The van der Waals surface area contributed by atoms with Crippen molar-refractivity contribution in [3.63, 3.8) is 0 Å². The summed E-state index contributed by atoms with van der Waals surface area (Å²) in [6.45, 7) is 6.39. The quantitative estimate of drug-likeness (QED) is 0.323. The highest BCUT2D eigenvalue weighted by molar-refractivity contribution is 5.93. The number of aryl methyl sites for hydroxylation is 1. The van der Waals surface area contributed by atoms with Gasteiger partial charge in [0.25, 0.3) is 5.91 Å². The van der Waals surface area contributed by atoms with Crippen LogP contribution >= 0.6 is 0 Å². The molecule has 0 saturated heterocycles. The SMILES string of the molecule is CCCN(CCC)Cc1c(C(=O)NN=CCCc2ccccc2)nnn1-c1nonc1N. The molecule has 0 aliphatic heterocycles. The largest absolute Gasteiger partial charge is 0.378 e. The van der Waals surface area contributed by atoms with Crippen LogP contribution in [0.4, 0.5) is 5.82 Å². The Morgan fingerprint density at radius 3 is 2.62 bits per heavy atom. The number of amides is 1. The zero-order valence-corrected chi connectivity index (χ0v) is 18.4. The van der Waals surface area contributed by atoms with E-state index in [0.29, 0.717) is 18.7 Å². The molecule has 2 aromatic heterocycles. The lowest BCUT2D eigenvalue weighted by molar-refractivity contribution is 0.0947. The van der Waals surface area contributed by atoms with Crippen LogP contribution in [-0.2, 0) is 13.0 Å². The molecule has 0 saturated carbocycles. The molecule has 1 amide bonds. The van der Waals surface area contributed by atoms with Crippen molar-refractivity contribution >= 4 is 17.9 Å². The molecule has 32 heavy (non-hydrogen) atoms. The average molecular weight is 440 g/mol. The minimum atomic E-state index is -0.454.